The zero-order chi connectivity index (χ0) is 6.69. The Labute approximate surface area is 52.3 Å². The van der Waals surface area contributed by atoms with Crippen molar-refractivity contribution in [3.8, 4) is 0 Å². The molecule has 0 amide bonds. The summed E-state index contributed by atoms with van der Waals surface area (Å²) in [6, 6.07) is 0. The number of carbonyl (C=O) groups is 1. The summed E-state index contributed by atoms with van der Waals surface area (Å²) < 4.78 is 0. The number of aliphatic hydroxyl groups excluding tert-OH is 1. The highest BCUT2D eigenvalue weighted by molar-refractivity contribution is 5.76. The lowest BCUT2D eigenvalue weighted by atomic mass is 10.2. The van der Waals surface area contributed by atoms with Gasteiger partial charge in [0.05, 0.1) is 6.61 Å². The molecule has 0 radical (unpaired) electrons. The van der Waals surface area contributed by atoms with Gasteiger partial charge in [0.1, 0.15) is 0 Å². The van der Waals surface area contributed by atoms with Crippen molar-refractivity contribution in [3.05, 3.63) is 23.5 Å². The summed E-state index contributed by atoms with van der Waals surface area (Å²) in [5.41, 5.74) is 1.17. The minimum atomic E-state index is -0.0857. The van der Waals surface area contributed by atoms with Crippen molar-refractivity contribution in [2.45, 2.75) is 6.61 Å². The molecule has 0 atom stereocenters. The van der Waals surface area contributed by atoms with Gasteiger partial charge in [0.15, 0.2) is 6.29 Å². The zero-order valence-electron chi connectivity index (χ0n) is 4.79. The molecule has 0 saturated carbocycles. The highest BCUT2D eigenvalue weighted by Crippen LogP contribution is 2.02. The standard InChI is InChI=1S/C6H7NO2/c8-3-5-1-7-2-6(5)4-9/h1-3,7,9H,4H2. The van der Waals surface area contributed by atoms with Crippen LogP contribution in [0.5, 0.6) is 0 Å². The molecule has 0 bridgehead atoms. The van der Waals surface area contributed by atoms with Crippen molar-refractivity contribution in [1.82, 2.24) is 4.98 Å². The maximum Gasteiger partial charge on any atom is 0.151 e. The molecule has 0 aromatic carbocycles. The van der Waals surface area contributed by atoms with Crippen LogP contribution in [0.2, 0.25) is 0 Å². The smallest absolute Gasteiger partial charge is 0.151 e. The van der Waals surface area contributed by atoms with Gasteiger partial charge >= 0.3 is 0 Å². The lowest BCUT2D eigenvalue weighted by Gasteiger charge is -1.86. The van der Waals surface area contributed by atoms with E-state index < -0.39 is 0 Å². The molecule has 48 valence electrons. The first-order valence-corrected chi connectivity index (χ1v) is 2.60. The Kier molecular flexibility index (Phi) is 1.65. The van der Waals surface area contributed by atoms with Crippen molar-refractivity contribution in [1.29, 1.82) is 0 Å². The van der Waals surface area contributed by atoms with Crippen LogP contribution in [0, 0.1) is 0 Å². The maximum atomic E-state index is 10.1. The minimum Gasteiger partial charge on any atom is -0.392 e. The van der Waals surface area contributed by atoms with E-state index in [0.717, 1.165) is 0 Å². The van der Waals surface area contributed by atoms with E-state index in [9.17, 15) is 4.79 Å². The van der Waals surface area contributed by atoms with E-state index in [1.807, 2.05) is 0 Å². The number of aliphatic hydroxyl groups is 1. The van der Waals surface area contributed by atoms with Crippen LogP contribution in [0.25, 0.3) is 0 Å². The summed E-state index contributed by atoms with van der Waals surface area (Å²) >= 11 is 0. The van der Waals surface area contributed by atoms with Crippen LogP contribution in [-0.2, 0) is 6.61 Å². The molecule has 1 heterocycles. The molecule has 0 saturated heterocycles. The largest absolute Gasteiger partial charge is 0.392 e. The van der Waals surface area contributed by atoms with E-state index >= 15 is 0 Å². The Bertz CT molecular complexity index is 205. The fourth-order valence-corrected chi connectivity index (χ4v) is 0.655. The van der Waals surface area contributed by atoms with Gasteiger partial charge in [-0.1, -0.05) is 0 Å². The summed E-state index contributed by atoms with van der Waals surface area (Å²) in [5.74, 6) is 0. The first kappa shape index (κ1) is 6.04. The number of hydrogen-bond donors (Lipinski definition) is 2. The number of aromatic amines is 1. The Hall–Kier alpha value is -1.09. The monoisotopic (exact) mass is 125 g/mol. The normalized spacial score (nSPS) is 9.44. The molecule has 3 nitrogen and oxygen atoms in total. The Morgan fingerprint density at radius 2 is 2.44 bits per heavy atom. The third kappa shape index (κ3) is 1.000. The van der Waals surface area contributed by atoms with Gasteiger partial charge in [-0.3, -0.25) is 4.79 Å². The van der Waals surface area contributed by atoms with Crippen LogP contribution < -0.4 is 0 Å². The van der Waals surface area contributed by atoms with Crippen LogP contribution >= 0.6 is 0 Å². The van der Waals surface area contributed by atoms with E-state index in [2.05, 4.69) is 4.98 Å². The van der Waals surface area contributed by atoms with E-state index in [4.69, 9.17) is 5.11 Å². The zero-order valence-corrected chi connectivity index (χ0v) is 4.79. The average molecular weight is 125 g/mol. The fraction of sp³-hybridized carbons (Fsp3) is 0.167. The molecule has 0 aliphatic carbocycles. The summed E-state index contributed by atoms with van der Waals surface area (Å²) in [7, 11) is 0. The highest BCUT2D eigenvalue weighted by Gasteiger charge is 1.97. The van der Waals surface area contributed by atoms with E-state index in [1.165, 1.54) is 0 Å². The molecule has 2 N–H and O–H groups in total. The highest BCUT2D eigenvalue weighted by atomic mass is 16.3. The first-order valence-electron chi connectivity index (χ1n) is 2.60. The van der Waals surface area contributed by atoms with Gasteiger partial charge in [0.2, 0.25) is 0 Å². The quantitative estimate of drug-likeness (QED) is 0.559. The average Bonchev–Trinajstić information content (AvgIpc) is 2.33. The SMILES string of the molecule is O=Cc1c[nH]cc1CO. The number of H-pyrrole nitrogens is 1. The van der Waals surface area contributed by atoms with Crippen LogP contribution in [0.4, 0.5) is 0 Å². The lowest BCUT2D eigenvalue weighted by Crippen LogP contribution is -1.84. The molecular weight excluding hydrogens is 118 g/mol. The number of aldehydes is 1. The molecule has 0 spiro atoms. The van der Waals surface area contributed by atoms with Crippen molar-refractivity contribution >= 4 is 6.29 Å². The Balaban J connectivity index is 2.98. The molecule has 1 aromatic heterocycles. The van der Waals surface area contributed by atoms with Gasteiger partial charge < -0.3 is 10.1 Å². The predicted octanol–water partition coefficient (Wildman–Crippen LogP) is 0.319. The second-order valence-electron chi connectivity index (χ2n) is 1.71. The molecule has 1 aromatic rings. The second-order valence-corrected chi connectivity index (χ2v) is 1.71. The van der Waals surface area contributed by atoms with Crippen molar-refractivity contribution in [3.63, 3.8) is 0 Å². The van der Waals surface area contributed by atoms with Gasteiger partial charge in [0.25, 0.3) is 0 Å². The van der Waals surface area contributed by atoms with Crippen molar-refractivity contribution in [2.75, 3.05) is 0 Å². The lowest BCUT2D eigenvalue weighted by molar-refractivity contribution is 0.112. The van der Waals surface area contributed by atoms with Crippen LogP contribution in [0.3, 0.4) is 0 Å². The first-order chi connectivity index (χ1) is 4.38. The Morgan fingerprint density at radius 3 is 2.89 bits per heavy atom. The fourth-order valence-electron chi connectivity index (χ4n) is 0.655. The molecular formula is C6H7NO2. The summed E-state index contributed by atoms with van der Waals surface area (Å²) in [6.07, 6.45) is 3.87. The van der Waals surface area contributed by atoms with Gasteiger partial charge in [-0.05, 0) is 0 Å². The van der Waals surface area contributed by atoms with Gasteiger partial charge in [0, 0.05) is 23.5 Å². The second kappa shape index (κ2) is 2.46. The van der Waals surface area contributed by atoms with Crippen LogP contribution in [0.1, 0.15) is 15.9 Å². The van der Waals surface area contributed by atoms with Crippen molar-refractivity contribution in [2.24, 2.45) is 0 Å². The number of carbonyl (C=O) groups excluding carboxylic acids is 1. The molecule has 0 aliphatic heterocycles. The predicted molar refractivity (Wildman–Crippen MR) is 32.1 cm³/mol. The molecule has 0 fully saturated rings. The van der Waals surface area contributed by atoms with E-state index in [1.54, 1.807) is 12.4 Å². The third-order valence-corrected chi connectivity index (χ3v) is 1.16. The van der Waals surface area contributed by atoms with Gasteiger partial charge in [-0.2, -0.15) is 0 Å². The third-order valence-electron chi connectivity index (χ3n) is 1.16. The number of aromatic nitrogens is 1. The molecule has 0 unspecified atom stereocenters. The molecule has 1 rings (SSSR count). The van der Waals surface area contributed by atoms with E-state index in [-0.39, 0.29) is 6.61 Å². The minimum absolute atomic E-state index is 0.0857. The maximum absolute atomic E-state index is 10.1. The summed E-state index contributed by atoms with van der Waals surface area (Å²) in [4.78, 5) is 12.8. The Morgan fingerprint density at radius 1 is 1.67 bits per heavy atom. The van der Waals surface area contributed by atoms with Crippen molar-refractivity contribution < 1.29 is 9.90 Å². The topological polar surface area (TPSA) is 53.1 Å². The number of nitrogens with one attached hydrogen (secondary N) is 1. The number of rotatable bonds is 2. The van der Waals surface area contributed by atoms with Crippen LogP contribution in [0.15, 0.2) is 12.4 Å². The summed E-state index contributed by atoms with van der Waals surface area (Å²) in [5, 5.41) is 8.56. The number of hydrogen-bond acceptors (Lipinski definition) is 2. The molecule has 0 aliphatic rings. The van der Waals surface area contributed by atoms with Gasteiger partial charge in [-0.25, -0.2) is 0 Å². The molecule has 3 heteroatoms. The van der Waals surface area contributed by atoms with Crippen LogP contribution in [-0.4, -0.2) is 16.4 Å². The van der Waals surface area contributed by atoms with Gasteiger partial charge in [-0.15, -0.1) is 0 Å². The molecule has 9 heavy (non-hydrogen) atoms. The summed E-state index contributed by atoms with van der Waals surface area (Å²) in [6.45, 7) is -0.0857. The van der Waals surface area contributed by atoms with E-state index in [0.29, 0.717) is 17.4 Å².